The van der Waals surface area contributed by atoms with Gasteiger partial charge < -0.3 is 0 Å². The van der Waals surface area contributed by atoms with E-state index in [0.717, 1.165) is 17.7 Å². The normalized spacial score (nSPS) is 15.0. The molecule has 0 atom stereocenters. The van der Waals surface area contributed by atoms with Gasteiger partial charge in [0.1, 0.15) is 0 Å². The predicted octanol–water partition coefficient (Wildman–Crippen LogP) is 1.92. The Balaban J connectivity index is 1.69. The fraction of sp³-hybridized carbons (Fsp3) is 0.294. The summed E-state index contributed by atoms with van der Waals surface area (Å²) in [6.45, 7) is 2.87. The van der Waals surface area contributed by atoms with Crippen molar-refractivity contribution in [2.45, 2.75) is 24.7 Å². The van der Waals surface area contributed by atoms with Gasteiger partial charge in [0.25, 0.3) is 11.8 Å². The lowest BCUT2D eigenvalue weighted by atomic mass is 10.2. The van der Waals surface area contributed by atoms with Crippen molar-refractivity contribution in [3.05, 3.63) is 51.7 Å². The number of carbonyl (C=O) groups is 2. The van der Waals surface area contributed by atoms with Crippen LogP contribution in [-0.2, 0) is 10.0 Å². The predicted molar refractivity (Wildman–Crippen MR) is 98.4 cm³/mol. The third-order valence-electron chi connectivity index (χ3n) is 4.05. The monoisotopic (exact) mass is 393 g/mol. The summed E-state index contributed by atoms with van der Waals surface area (Å²) < 4.78 is 26.6. The lowest BCUT2D eigenvalue weighted by Crippen LogP contribution is -2.41. The molecule has 0 bridgehead atoms. The van der Waals surface area contributed by atoms with Crippen LogP contribution in [0, 0.1) is 6.92 Å². The maximum atomic E-state index is 12.6. The second kappa shape index (κ2) is 7.56. The first kappa shape index (κ1) is 18.6. The molecule has 138 valence electrons. The largest absolute Gasteiger partial charge is 0.279 e. The molecule has 0 aliphatic carbocycles. The topological polar surface area (TPSA) is 95.6 Å². The van der Waals surface area contributed by atoms with Crippen LogP contribution in [0.15, 0.2) is 41.3 Å². The molecule has 2 amide bonds. The number of sulfonamides is 1. The first-order valence-electron chi connectivity index (χ1n) is 8.15. The zero-order valence-electron chi connectivity index (χ0n) is 14.2. The summed E-state index contributed by atoms with van der Waals surface area (Å²) in [4.78, 5) is 25.8. The lowest BCUT2D eigenvalue weighted by molar-refractivity contribution is 0.0849. The number of hydrazine groups is 1. The SMILES string of the molecule is Cc1ccc(C(=O)NNC(=O)c2cccc(S(=O)(=O)N3CCCC3)c2)s1. The van der Waals surface area contributed by atoms with Gasteiger partial charge in [-0.05, 0) is 50.1 Å². The molecule has 1 aliphatic heterocycles. The first-order valence-corrected chi connectivity index (χ1v) is 10.4. The molecular formula is C17H19N3O4S2. The number of amides is 2. The summed E-state index contributed by atoms with van der Waals surface area (Å²) in [6, 6.07) is 9.29. The number of carbonyl (C=O) groups excluding carboxylic acids is 2. The van der Waals surface area contributed by atoms with Gasteiger partial charge in [-0.2, -0.15) is 4.31 Å². The Morgan fingerprint density at radius 2 is 1.73 bits per heavy atom. The molecule has 1 fully saturated rings. The molecule has 2 N–H and O–H groups in total. The Labute approximate surface area is 156 Å². The Hall–Kier alpha value is -2.23. The van der Waals surface area contributed by atoms with Crippen LogP contribution in [0.1, 0.15) is 37.7 Å². The van der Waals surface area contributed by atoms with Gasteiger partial charge in [0.05, 0.1) is 9.77 Å². The van der Waals surface area contributed by atoms with Crippen LogP contribution in [0.2, 0.25) is 0 Å². The van der Waals surface area contributed by atoms with Gasteiger partial charge in [0.15, 0.2) is 0 Å². The van der Waals surface area contributed by atoms with Crippen LogP contribution in [-0.4, -0.2) is 37.6 Å². The van der Waals surface area contributed by atoms with Crippen LogP contribution in [0.4, 0.5) is 0 Å². The summed E-state index contributed by atoms with van der Waals surface area (Å²) in [6.07, 6.45) is 1.68. The van der Waals surface area contributed by atoms with Crippen LogP contribution in [0.25, 0.3) is 0 Å². The number of nitrogens with one attached hydrogen (secondary N) is 2. The zero-order chi connectivity index (χ0) is 18.7. The molecule has 0 spiro atoms. The van der Waals surface area contributed by atoms with Crippen LogP contribution < -0.4 is 10.9 Å². The maximum Gasteiger partial charge on any atom is 0.279 e. The van der Waals surface area contributed by atoms with Crippen molar-refractivity contribution in [3.63, 3.8) is 0 Å². The lowest BCUT2D eigenvalue weighted by Gasteiger charge is -2.16. The second-order valence-corrected chi connectivity index (χ2v) is 9.18. The Kier molecular flexibility index (Phi) is 5.40. The Morgan fingerprint density at radius 3 is 2.38 bits per heavy atom. The van der Waals surface area contributed by atoms with Crippen molar-refractivity contribution in [2.24, 2.45) is 0 Å². The average molecular weight is 393 g/mol. The van der Waals surface area contributed by atoms with E-state index in [1.807, 2.05) is 13.0 Å². The van der Waals surface area contributed by atoms with Crippen molar-refractivity contribution in [3.8, 4) is 0 Å². The van der Waals surface area contributed by atoms with Gasteiger partial charge in [-0.3, -0.25) is 20.4 Å². The van der Waals surface area contributed by atoms with Gasteiger partial charge in [-0.1, -0.05) is 6.07 Å². The number of hydrogen-bond acceptors (Lipinski definition) is 5. The van der Waals surface area contributed by atoms with Crippen molar-refractivity contribution in [1.82, 2.24) is 15.2 Å². The number of hydrogen-bond donors (Lipinski definition) is 2. The minimum absolute atomic E-state index is 0.0762. The van der Waals surface area contributed by atoms with E-state index in [4.69, 9.17) is 0 Å². The average Bonchev–Trinajstić information content (AvgIpc) is 3.31. The first-order chi connectivity index (χ1) is 12.4. The highest BCUT2D eigenvalue weighted by Gasteiger charge is 2.27. The number of rotatable bonds is 4. The molecule has 26 heavy (non-hydrogen) atoms. The minimum Gasteiger partial charge on any atom is -0.267 e. The molecule has 0 radical (unpaired) electrons. The van der Waals surface area contributed by atoms with Gasteiger partial charge in [-0.15, -0.1) is 11.3 Å². The molecule has 1 aromatic carbocycles. The van der Waals surface area contributed by atoms with Crippen LogP contribution in [0.3, 0.4) is 0 Å². The van der Waals surface area contributed by atoms with E-state index in [-0.39, 0.29) is 10.5 Å². The van der Waals surface area contributed by atoms with Crippen molar-refractivity contribution in [2.75, 3.05) is 13.1 Å². The Morgan fingerprint density at radius 1 is 1.04 bits per heavy atom. The number of aryl methyl sites for hydroxylation is 1. The fourth-order valence-corrected chi connectivity index (χ4v) is 5.01. The van der Waals surface area contributed by atoms with Gasteiger partial charge in [0.2, 0.25) is 10.0 Å². The van der Waals surface area contributed by atoms with E-state index >= 15 is 0 Å². The third kappa shape index (κ3) is 3.95. The number of nitrogens with zero attached hydrogens (tertiary/aromatic N) is 1. The third-order valence-corrected chi connectivity index (χ3v) is 6.95. The number of thiophene rings is 1. The highest BCUT2D eigenvalue weighted by Crippen LogP contribution is 2.21. The van der Waals surface area contributed by atoms with Crippen LogP contribution >= 0.6 is 11.3 Å². The molecule has 9 heteroatoms. The molecule has 1 aliphatic rings. The quantitative estimate of drug-likeness (QED) is 0.776. The molecule has 0 saturated carbocycles. The van der Waals surface area contributed by atoms with E-state index in [1.54, 1.807) is 6.07 Å². The van der Waals surface area contributed by atoms with E-state index in [1.165, 1.54) is 39.9 Å². The molecule has 3 rings (SSSR count). The van der Waals surface area contributed by atoms with Crippen LogP contribution in [0.5, 0.6) is 0 Å². The maximum absolute atomic E-state index is 12.6. The number of benzene rings is 1. The van der Waals surface area contributed by atoms with E-state index in [9.17, 15) is 18.0 Å². The van der Waals surface area contributed by atoms with Crippen molar-refractivity contribution in [1.29, 1.82) is 0 Å². The van der Waals surface area contributed by atoms with E-state index in [2.05, 4.69) is 10.9 Å². The minimum atomic E-state index is -3.60. The molecular weight excluding hydrogens is 374 g/mol. The standard InChI is InChI=1S/C17H19N3O4S2/c1-12-7-8-15(25-12)17(22)19-18-16(21)13-5-4-6-14(11-13)26(23,24)20-9-2-3-10-20/h4-8,11H,2-3,9-10H2,1H3,(H,18,21)(H,19,22). The van der Waals surface area contributed by atoms with Crippen molar-refractivity contribution >= 4 is 33.2 Å². The highest BCUT2D eigenvalue weighted by molar-refractivity contribution is 7.89. The smallest absolute Gasteiger partial charge is 0.267 e. The summed E-state index contributed by atoms with van der Waals surface area (Å²) in [7, 11) is -3.60. The van der Waals surface area contributed by atoms with Gasteiger partial charge in [-0.25, -0.2) is 8.42 Å². The Bertz CT molecular complexity index is 931. The molecule has 1 aromatic heterocycles. The molecule has 1 saturated heterocycles. The van der Waals surface area contributed by atoms with Gasteiger partial charge in [0, 0.05) is 23.5 Å². The molecule has 7 nitrogen and oxygen atoms in total. The molecule has 2 heterocycles. The van der Waals surface area contributed by atoms with Crippen molar-refractivity contribution < 1.29 is 18.0 Å². The highest BCUT2D eigenvalue weighted by atomic mass is 32.2. The summed E-state index contributed by atoms with van der Waals surface area (Å²) >= 11 is 1.32. The summed E-state index contributed by atoms with van der Waals surface area (Å²) in [5.41, 5.74) is 4.81. The summed E-state index contributed by atoms with van der Waals surface area (Å²) in [5, 5.41) is 0. The zero-order valence-corrected chi connectivity index (χ0v) is 15.8. The molecule has 0 unspecified atom stereocenters. The van der Waals surface area contributed by atoms with Gasteiger partial charge >= 0.3 is 0 Å². The fourth-order valence-electron chi connectivity index (χ4n) is 2.68. The van der Waals surface area contributed by atoms with E-state index in [0.29, 0.717) is 18.0 Å². The second-order valence-electron chi connectivity index (χ2n) is 5.96. The van der Waals surface area contributed by atoms with E-state index < -0.39 is 21.8 Å². The molecule has 2 aromatic rings. The summed E-state index contributed by atoms with van der Waals surface area (Å²) in [5.74, 6) is -0.998.